The van der Waals surface area contributed by atoms with Crippen LogP contribution in [-0.2, 0) is 0 Å². The summed E-state index contributed by atoms with van der Waals surface area (Å²) in [6.07, 6.45) is 4.03. The van der Waals surface area contributed by atoms with Crippen LogP contribution in [0, 0.1) is 6.92 Å². The SMILES string of the molecule is Cc1ccc(C(=O)N2CCC(NC(=O)c3nccnc3NC(=O)c3ccc4c(c3)OCO4)CC2)cc1. The third-order valence-corrected chi connectivity index (χ3v) is 6.20. The standard InChI is InChI=1S/C26H25N5O5/c1-16-2-4-17(5-3-16)26(34)31-12-8-19(9-13-31)29-25(33)22-23(28-11-10-27-22)30-24(32)18-6-7-20-21(14-18)36-15-35-20/h2-7,10-11,14,19H,8-9,12-13,15H2,1H3,(H,29,33)(H,28,30,32). The molecule has 2 aliphatic heterocycles. The quantitative estimate of drug-likeness (QED) is 0.567. The summed E-state index contributed by atoms with van der Waals surface area (Å²) < 4.78 is 10.6. The first-order valence-electron chi connectivity index (χ1n) is 11.7. The van der Waals surface area contributed by atoms with Gasteiger partial charge in [-0.15, -0.1) is 0 Å². The van der Waals surface area contributed by atoms with Crippen molar-refractivity contribution in [3.8, 4) is 11.5 Å². The highest BCUT2D eigenvalue weighted by molar-refractivity contribution is 6.07. The van der Waals surface area contributed by atoms with Crippen LogP contribution in [0.25, 0.3) is 0 Å². The molecule has 2 aliphatic rings. The van der Waals surface area contributed by atoms with Gasteiger partial charge < -0.3 is 25.0 Å². The maximum Gasteiger partial charge on any atom is 0.273 e. The summed E-state index contributed by atoms with van der Waals surface area (Å²) >= 11 is 0. The molecule has 1 aromatic heterocycles. The third kappa shape index (κ3) is 4.97. The van der Waals surface area contributed by atoms with Gasteiger partial charge in [-0.25, -0.2) is 9.97 Å². The molecule has 3 aromatic rings. The van der Waals surface area contributed by atoms with Gasteiger partial charge in [0, 0.05) is 42.7 Å². The zero-order valence-corrected chi connectivity index (χ0v) is 19.7. The highest BCUT2D eigenvalue weighted by Crippen LogP contribution is 2.32. The van der Waals surface area contributed by atoms with Gasteiger partial charge in [-0.2, -0.15) is 0 Å². The maximum atomic E-state index is 13.0. The van der Waals surface area contributed by atoms with Gasteiger partial charge in [0.15, 0.2) is 23.0 Å². The number of ether oxygens (including phenoxy) is 2. The number of piperidine rings is 1. The van der Waals surface area contributed by atoms with Crippen molar-refractivity contribution in [3.63, 3.8) is 0 Å². The highest BCUT2D eigenvalue weighted by atomic mass is 16.7. The van der Waals surface area contributed by atoms with Crippen molar-refractivity contribution in [2.45, 2.75) is 25.8 Å². The van der Waals surface area contributed by atoms with E-state index < -0.39 is 11.8 Å². The largest absolute Gasteiger partial charge is 0.454 e. The number of nitrogens with zero attached hydrogens (tertiary/aromatic N) is 3. The molecule has 0 atom stereocenters. The van der Waals surface area contributed by atoms with Crippen molar-refractivity contribution in [2.75, 3.05) is 25.2 Å². The van der Waals surface area contributed by atoms with Crippen molar-refractivity contribution in [1.29, 1.82) is 0 Å². The number of anilines is 1. The monoisotopic (exact) mass is 487 g/mol. The lowest BCUT2D eigenvalue weighted by Gasteiger charge is -2.32. The van der Waals surface area contributed by atoms with Crippen LogP contribution in [0.5, 0.6) is 11.5 Å². The number of aromatic nitrogens is 2. The molecule has 0 spiro atoms. The molecule has 184 valence electrons. The van der Waals surface area contributed by atoms with Gasteiger partial charge in [0.1, 0.15) is 0 Å². The highest BCUT2D eigenvalue weighted by Gasteiger charge is 2.26. The summed E-state index contributed by atoms with van der Waals surface area (Å²) in [6.45, 7) is 3.15. The summed E-state index contributed by atoms with van der Waals surface area (Å²) in [5.74, 6) is 0.203. The average Bonchev–Trinajstić information content (AvgIpc) is 3.37. The molecule has 0 aliphatic carbocycles. The number of aryl methyl sites for hydroxylation is 1. The molecule has 1 saturated heterocycles. The Morgan fingerprint density at radius 2 is 1.58 bits per heavy atom. The number of benzene rings is 2. The number of hydrogen-bond donors (Lipinski definition) is 2. The Balaban J connectivity index is 1.19. The third-order valence-electron chi connectivity index (χ3n) is 6.20. The summed E-state index contributed by atoms with van der Waals surface area (Å²) in [4.78, 5) is 48.6. The molecule has 2 N–H and O–H groups in total. The van der Waals surface area contributed by atoms with E-state index in [2.05, 4.69) is 20.6 Å². The van der Waals surface area contributed by atoms with Gasteiger partial charge in [-0.3, -0.25) is 14.4 Å². The summed E-state index contributed by atoms with van der Waals surface area (Å²) in [7, 11) is 0. The molecule has 36 heavy (non-hydrogen) atoms. The molecule has 3 heterocycles. The minimum atomic E-state index is -0.453. The summed E-state index contributed by atoms with van der Waals surface area (Å²) in [6, 6.07) is 12.2. The molecule has 2 aromatic carbocycles. The number of hydrogen-bond acceptors (Lipinski definition) is 7. The number of likely N-dealkylation sites (tertiary alicyclic amines) is 1. The summed E-state index contributed by atoms with van der Waals surface area (Å²) in [5, 5.41) is 5.62. The number of nitrogens with one attached hydrogen (secondary N) is 2. The molecule has 5 rings (SSSR count). The molecule has 0 saturated carbocycles. The lowest BCUT2D eigenvalue weighted by Crippen LogP contribution is -2.46. The van der Waals surface area contributed by atoms with Crippen LogP contribution in [0.1, 0.15) is 49.6 Å². The Kier molecular flexibility index (Phi) is 6.48. The molecule has 3 amide bonds. The molecule has 0 radical (unpaired) electrons. The molecule has 10 nitrogen and oxygen atoms in total. The molecule has 0 unspecified atom stereocenters. The molecular formula is C26H25N5O5. The lowest BCUT2D eigenvalue weighted by atomic mass is 10.0. The van der Waals surface area contributed by atoms with E-state index in [9.17, 15) is 14.4 Å². The van der Waals surface area contributed by atoms with Crippen LogP contribution in [0.3, 0.4) is 0 Å². The van der Waals surface area contributed by atoms with Gasteiger partial charge in [0.05, 0.1) is 0 Å². The normalized spacial score (nSPS) is 14.9. The Morgan fingerprint density at radius 3 is 2.36 bits per heavy atom. The van der Waals surface area contributed by atoms with E-state index in [-0.39, 0.29) is 30.3 Å². The first kappa shape index (κ1) is 23.3. The van der Waals surface area contributed by atoms with Crippen molar-refractivity contribution >= 4 is 23.5 Å². The Morgan fingerprint density at radius 1 is 0.889 bits per heavy atom. The molecule has 0 bridgehead atoms. The molecular weight excluding hydrogens is 462 g/mol. The zero-order chi connectivity index (χ0) is 25.1. The van der Waals surface area contributed by atoms with Gasteiger partial charge in [0.2, 0.25) is 6.79 Å². The van der Waals surface area contributed by atoms with E-state index in [4.69, 9.17) is 9.47 Å². The Bertz CT molecular complexity index is 1300. The molecule has 1 fully saturated rings. The Labute approximate surface area is 207 Å². The van der Waals surface area contributed by atoms with E-state index in [1.165, 1.54) is 12.4 Å². The van der Waals surface area contributed by atoms with Crippen LogP contribution in [-0.4, -0.2) is 58.5 Å². The fourth-order valence-corrected chi connectivity index (χ4v) is 4.17. The second-order valence-corrected chi connectivity index (χ2v) is 8.68. The number of rotatable bonds is 5. The number of carbonyl (C=O) groups is 3. The van der Waals surface area contributed by atoms with Gasteiger partial charge in [-0.1, -0.05) is 17.7 Å². The van der Waals surface area contributed by atoms with Crippen LogP contribution in [0.4, 0.5) is 5.82 Å². The fourth-order valence-electron chi connectivity index (χ4n) is 4.17. The van der Waals surface area contributed by atoms with E-state index in [0.717, 1.165) is 5.56 Å². The molecule has 10 heteroatoms. The first-order chi connectivity index (χ1) is 17.5. The topological polar surface area (TPSA) is 123 Å². The zero-order valence-electron chi connectivity index (χ0n) is 19.7. The van der Waals surface area contributed by atoms with Crippen molar-refractivity contribution in [1.82, 2.24) is 20.2 Å². The van der Waals surface area contributed by atoms with Crippen LogP contribution in [0.2, 0.25) is 0 Å². The minimum Gasteiger partial charge on any atom is -0.454 e. The van der Waals surface area contributed by atoms with E-state index in [0.29, 0.717) is 48.6 Å². The van der Waals surface area contributed by atoms with Crippen molar-refractivity contribution < 1.29 is 23.9 Å². The fraction of sp³-hybridized carbons (Fsp3) is 0.269. The maximum absolute atomic E-state index is 13.0. The average molecular weight is 488 g/mol. The van der Waals surface area contributed by atoms with Crippen LogP contribution < -0.4 is 20.1 Å². The first-order valence-corrected chi connectivity index (χ1v) is 11.7. The smallest absolute Gasteiger partial charge is 0.273 e. The predicted octanol–water partition coefficient (Wildman–Crippen LogP) is 2.80. The van der Waals surface area contributed by atoms with Crippen LogP contribution in [0.15, 0.2) is 54.9 Å². The van der Waals surface area contributed by atoms with Gasteiger partial charge >= 0.3 is 0 Å². The van der Waals surface area contributed by atoms with E-state index in [1.807, 2.05) is 31.2 Å². The van der Waals surface area contributed by atoms with Crippen molar-refractivity contribution in [3.05, 3.63) is 77.2 Å². The van der Waals surface area contributed by atoms with Gasteiger partial charge in [-0.05, 0) is 50.1 Å². The summed E-state index contributed by atoms with van der Waals surface area (Å²) in [5.41, 5.74) is 2.11. The number of amides is 3. The van der Waals surface area contributed by atoms with Crippen LogP contribution >= 0.6 is 0 Å². The number of carbonyl (C=O) groups excluding carboxylic acids is 3. The van der Waals surface area contributed by atoms with E-state index >= 15 is 0 Å². The lowest BCUT2D eigenvalue weighted by molar-refractivity contribution is 0.0697. The number of fused-ring (bicyclic) bond motifs is 1. The predicted molar refractivity (Wildman–Crippen MR) is 130 cm³/mol. The van der Waals surface area contributed by atoms with E-state index in [1.54, 1.807) is 23.1 Å². The second-order valence-electron chi connectivity index (χ2n) is 8.68. The Hall–Kier alpha value is -4.47. The minimum absolute atomic E-state index is 0.0118. The second kappa shape index (κ2) is 10.0. The van der Waals surface area contributed by atoms with Gasteiger partial charge in [0.25, 0.3) is 17.7 Å². The van der Waals surface area contributed by atoms with Crippen molar-refractivity contribution in [2.24, 2.45) is 0 Å².